The van der Waals surface area contributed by atoms with E-state index in [2.05, 4.69) is 41.0 Å². The normalized spacial score (nSPS) is 17.5. The second kappa shape index (κ2) is 13.7. The average molecular weight is 639 g/mol. The number of anilines is 3. The van der Waals surface area contributed by atoms with Gasteiger partial charge in [0.05, 0.1) is 11.4 Å². The van der Waals surface area contributed by atoms with Crippen molar-refractivity contribution in [2.75, 3.05) is 17.3 Å². The fourth-order valence-corrected chi connectivity index (χ4v) is 5.40. The molecule has 1 aromatic heterocycles. The molecule has 1 unspecified atom stereocenters. The third-order valence-corrected chi connectivity index (χ3v) is 8.02. The Bertz CT molecular complexity index is 1390. The highest BCUT2D eigenvalue weighted by Gasteiger charge is 2.33. The maximum atomic E-state index is 13.5. The van der Waals surface area contributed by atoms with Crippen LogP contribution >= 0.6 is 15.9 Å². The number of carbonyl (C=O) groups is 2. The van der Waals surface area contributed by atoms with Crippen LogP contribution in [0.25, 0.3) is 0 Å². The van der Waals surface area contributed by atoms with E-state index in [4.69, 9.17) is 32.9 Å². The molecular weight excluding hydrogens is 603 g/mol. The van der Waals surface area contributed by atoms with Gasteiger partial charge in [-0.05, 0) is 98.1 Å². The molecule has 5 N–H and O–H groups in total. The topological polar surface area (TPSA) is 156 Å². The minimum atomic E-state index is -2.82. The van der Waals surface area contributed by atoms with Crippen LogP contribution in [0, 0.1) is 29.6 Å². The average Bonchev–Trinajstić information content (AvgIpc) is 3.74. The molecule has 0 aliphatic heterocycles. The summed E-state index contributed by atoms with van der Waals surface area (Å²) in [5.74, 6) is 3.91. The summed E-state index contributed by atoms with van der Waals surface area (Å²) in [6.45, 7) is 6.09. The van der Waals surface area contributed by atoms with E-state index in [-0.39, 0.29) is 41.3 Å². The first-order chi connectivity index (χ1) is 19.7. The van der Waals surface area contributed by atoms with Crippen molar-refractivity contribution in [2.24, 2.45) is 5.41 Å². The van der Waals surface area contributed by atoms with Gasteiger partial charge < -0.3 is 25.4 Å². The number of carbonyl (C=O) groups excluding carboxylic acids is 1. The van der Waals surface area contributed by atoms with Crippen LogP contribution in [0.5, 0.6) is 0 Å². The van der Waals surface area contributed by atoms with Crippen LogP contribution in [0.3, 0.4) is 0 Å². The van der Waals surface area contributed by atoms with E-state index in [0.29, 0.717) is 11.4 Å². The molecule has 1 aromatic carbocycles. The smallest absolute Gasteiger partial charge is 0.308 e. The van der Waals surface area contributed by atoms with Crippen molar-refractivity contribution >= 4 is 59.2 Å². The first-order valence-electron chi connectivity index (χ1n) is 13.6. The number of hydrogen-bond acceptors (Lipinski definition) is 8. The summed E-state index contributed by atoms with van der Waals surface area (Å²) in [4.78, 5) is 27.9. The number of amides is 1. The van der Waals surface area contributed by atoms with E-state index in [1.165, 1.54) is 4.90 Å². The highest BCUT2D eigenvalue weighted by Crippen LogP contribution is 2.47. The Morgan fingerprint density at radius 3 is 2.55 bits per heavy atom. The Balaban J connectivity index is 0.00000155. The van der Waals surface area contributed by atoms with Gasteiger partial charge in [0.2, 0.25) is 5.90 Å². The number of aromatic nitrogens is 1. The predicted octanol–water partition coefficient (Wildman–Crippen LogP) is 4.56. The van der Waals surface area contributed by atoms with E-state index < -0.39 is 11.6 Å². The zero-order valence-electron chi connectivity index (χ0n) is 24.2. The minimum Gasteiger partial charge on any atom is -0.483 e. The first kappa shape index (κ1) is 33.1. The number of rotatable bonds is 6. The van der Waals surface area contributed by atoms with Crippen LogP contribution < -0.4 is 10.2 Å². The zero-order valence-corrected chi connectivity index (χ0v) is 25.8. The fourth-order valence-electron chi connectivity index (χ4n) is 5.03. The Labute approximate surface area is 255 Å². The molecule has 2 fully saturated rings. The molecule has 0 bridgehead atoms. The Morgan fingerprint density at radius 2 is 1.98 bits per heavy atom. The molecule has 2 aliphatic rings. The summed E-state index contributed by atoms with van der Waals surface area (Å²) in [6.07, 6.45) is 5.75. The Hall–Kier alpha value is -3.40. The molecule has 1 amide bonds. The van der Waals surface area contributed by atoms with E-state index in [9.17, 15) is 15.0 Å². The van der Waals surface area contributed by atoms with Gasteiger partial charge in [-0.3, -0.25) is 19.9 Å². The maximum absolute atomic E-state index is 13.5. The molecule has 2 saturated carbocycles. The molecule has 2 aliphatic carbocycles. The molecule has 222 valence electrons. The van der Waals surface area contributed by atoms with E-state index >= 15 is 0 Å². The first-order valence-corrected chi connectivity index (χ1v) is 14.4. The lowest BCUT2D eigenvalue weighted by Gasteiger charge is -2.35. The lowest BCUT2D eigenvalue weighted by atomic mass is 9.76. The van der Waals surface area contributed by atoms with Crippen molar-refractivity contribution in [3.8, 4) is 11.8 Å². The van der Waals surface area contributed by atoms with Crippen LogP contribution in [-0.2, 0) is 14.3 Å². The van der Waals surface area contributed by atoms with Gasteiger partial charge in [0.25, 0.3) is 6.47 Å². The summed E-state index contributed by atoms with van der Waals surface area (Å²) in [7, 11) is 6.93. The minimum absolute atomic E-state index is 0.0801. The number of nitrogens with zero attached hydrogens (tertiary/aromatic N) is 2. The zero-order chi connectivity index (χ0) is 31.2. The Kier molecular flexibility index (Phi) is 10.8. The molecule has 0 spiro atoms. The van der Waals surface area contributed by atoms with Crippen molar-refractivity contribution in [1.82, 2.24) is 4.98 Å². The molecule has 1 atom stereocenters. The quantitative estimate of drug-likeness (QED) is 0.0770. The van der Waals surface area contributed by atoms with Gasteiger partial charge in [0.15, 0.2) is 13.5 Å². The summed E-state index contributed by atoms with van der Waals surface area (Å²) in [5, 5.41) is 37.8. The highest BCUT2D eigenvalue weighted by molar-refractivity contribution is 9.10. The summed E-state index contributed by atoms with van der Waals surface area (Å²) in [6, 6.07) is 7.28. The lowest BCUT2D eigenvalue weighted by molar-refractivity contribution is -0.122. The second-order valence-electron chi connectivity index (χ2n) is 11.3. The van der Waals surface area contributed by atoms with E-state index in [1.54, 1.807) is 19.2 Å². The molecule has 1 heterocycles. The number of pyridine rings is 1. The number of halogens is 1. The third kappa shape index (κ3) is 8.80. The highest BCUT2D eigenvalue weighted by atomic mass is 79.9. The van der Waals surface area contributed by atoms with Crippen molar-refractivity contribution in [3.63, 3.8) is 0 Å². The molecule has 2 aromatic rings. The van der Waals surface area contributed by atoms with Gasteiger partial charge in [0, 0.05) is 17.4 Å². The largest absolute Gasteiger partial charge is 0.483 e. The SMILES string of the molecule is O=CO.[B]C(O)(O)C#CC(=O)N(c1ccc(NC)c(C(=N)OC2CCCC(C)(C)C2)n1)c1cc(C)c(Br)cc1C1CC1. The monoisotopic (exact) mass is 638 g/mol. The van der Waals surface area contributed by atoms with Crippen molar-refractivity contribution in [1.29, 1.82) is 5.41 Å². The molecule has 0 saturated heterocycles. The van der Waals surface area contributed by atoms with Crippen LogP contribution in [0.4, 0.5) is 17.2 Å². The number of benzene rings is 1. The van der Waals surface area contributed by atoms with Crippen LogP contribution in [0.2, 0.25) is 0 Å². The number of ether oxygens (including phenoxy) is 1. The van der Waals surface area contributed by atoms with E-state index in [0.717, 1.165) is 54.1 Å². The molecular formula is C30H36BBrN4O6. The standard InChI is InChI=1S/C29H34BBrN4O4.CH2O2/c1-17-14-23(20(15-21(17)31)18-7-8-18)35(25(36)11-13-29(30,37)38)24-10-9-22(33-4)26(34-24)27(32)39-19-6-5-12-28(2,3)16-19;2-1-3/h9-10,14-15,18-19,32-33,37-38H,5-8,12,16H2,1-4H3;1H,(H,2,3). The molecule has 42 heavy (non-hydrogen) atoms. The molecule has 12 heteroatoms. The van der Waals surface area contributed by atoms with E-state index in [1.807, 2.05) is 25.0 Å². The molecule has 2 radical (unpaired) electrons. The molecule has 4 rings (SSSR count). The van der Waals surface area contributed by atoms with Gasteiger partial charge in [-0.25, -0.2) is 4.98 Å². The van der Waals surface area contributed by atoms with Crippen molar-refractivity contribution in [3.05, 3.63) is 45.6 Å². The third-order valence-electron chi connectivity index (χ3n) is 7.16. The van der Waals surface area contributed by atoms with Crippen molar-refractivity contribution < 1.29 is 29.6 Å². The summed E-state index contributed by atoms with van der Waals surface area (Å²) in [5.41, 5.74) is 0.610. The number of hydrogen-bond donors (Lipinski definition) is 5. The predicted molar refractivity (Wildman–Crippen MR) is 165 cm³/mol. The molecule has 10 nitrogen and oxygen atoms in total. The van der Waals surface area contributed by atoms with Gasteiger partial charge >= 0.3 is 5.91 Å². The van der Waals surface area contributed by atoms with Crippen LogP contribution in [0.1, 0.15) is 75.1 Å². The summed E-state index contributed by atoms with van der Waals surface area (Å²) < 4.78 is 7.04. The van der Waals surface area contributed by atoms with Gasteiger partial charge in [-0.1, -0.05) is 29.8 Å². The number of aryl methyl sites for hydroxylation is 1. The fraction of sp³-hybridized carbons (Fsp3) is 0.467. The van der Waals surface area contributed by atoms with Crippen LogP contribution in [-0.4, -0.2) is 65.3 Å². The number of carboxylic acid groups (broad SMARTS) is 1. The lowest BCUT2D eigenvalue weighted by Crippen LogP contribution is -2.31. The van der Waals surface area contributed by atoms with Crippen LogP contribution in [0.15, 0.2) is 28.7 Å². The number of nitrogens with one attached hydrogen (secondary N) is 2. The second-order valence-corrected chi connectivity index (χ2v) is 12.2. The Morgan fingerprint density at radius 1 is 1.31 bits per heavy atom. The summed E-state index contributed by atoms with van der Waals surface area (Å²) >= 11 is 3.60. The van der Waals surface area contributed by atoms with Crippen molar-refractivity contribution in [2.45, 2.75) is 77.0 Å². The number of aliphatic hydroxyl groups is 2. The van der Waals surface area contributed by atoms with Gasteiger partial charge in [-0.2, -0.15) is 0 Å². The van der Waals surface area contributed by atoms with Gasteiger partial charge in [-0.15, -0.1) is 0 Å². The van der Waals surface area contributed by atoms with Gasteiger partial charge in [0.1, 0.15) is 17.6 Å². The maximum Gasteiger partial charge on any atom is 0.308 e.